The minimum Gasteiger partial charge on any atom is -0.504 e. The first-order valence-electron chi connectivity index (χ1n) is 3.34. The van der Waals surface area contributed by atoms with Gasteiger partial charge in [-0.15, -0.1) is 0 Å². The van der Waals surface area contributed by atoms with Crippen LogP contribution in [0, 0.1) is 0 Å². The van der Waals surface area contributed by atoms with Crippen molar-refractivity contribution in [3.05, 3.63) is 18.3 Å². The lowest BCUT2D eigenvalue weighted by Gasteiger charge is -2.03. The van der Waals surface area contributed by atoms with Gasteiger partial charge in [-0.05, 0) is 12.1 Å². The number of carbonyl (C=O) groups excluding carboxylic acids is 1. The molecule has 2 N–H and O–H groups in total. The fourth-order valence-electron chi connectivity index (χ4n) is 0.664. The second kappa shape index (κ2) is 3.79. The summed E-state index contributed by atoms with van der Waals surface area (Å²) in [5.74, 6) is -2.11. The normalized spacial score (nSPS) is 10.1. The molecular weight excluding hydrogens is 182 g/mol. The zero-order chi connectivity index (χ0) is 9.84. The molecule has 0 fully saturated rings. The van der Waals surface area contributed by atoms with Crippen molar-refractivity contribution in [3.8, 4) is 5.75 Å². The average molecular weight is 188 g/mol. The van der Waals surface area contributed by atoms with Gasteiger partial charge in [-0.3, -0.25) is 4.79 Å². The summed E-state index contributed by atoms with van der Waals surface area (Å²) >= 11 is 0. The summed E-state index contributed by atoms with van der Waals surface area (Å²) in [6.45, 7) is 0. The molecule has 13 heavy (non-hydrogen) atoms. The van der Waals surface area contributed by atoms with E-state index in [0.717, 1.165) is 0 Å². The van der Waals surface area contributed by atoms with E-state index in [9.17, 15) is 13.6 Å². The summed E-state index contributed by atoms with van der Waals surface area (Å²) in [6, 6.07) is 2.64. The lowest BCUT2D eigenvalue weighted by atomic mass is 10.4. The van der Waals surface area contributed by atoms with Crippen molar-refractivity contribution >= 4 is 11.7 Å². The van der Waals surface area contributed by atoms with Crippen LogP contribution in [0.25, 0.3) is 0 Å². The van der Waals surface area contributed by atoms with Crippen molar-refractivity contribution in [3.63, 3.8) is 0 Å². The second-order valence-corrected chi connectivity index (χ2v) is 2.16. The smallest absolute Gasteiger partial charge is 0.315 e. The monoisotopic (exact) mass is 188 g/mol. The molecule has 6 heteroatoms. The van der Waals surface area contributed by atoms with Gasteiger partial charge in [-0.1, -0.05) is 0 Å². The van der Waals surface area contributed by atoms with Crippen molar-refractivity contribution in [2.75, 3.05) is 5.32 Å². The molecule has 0 saturated heterocycles. The van der Waals surface area contributed by atoms with Gasteiger partial charge in [0.2, 0.25) is 0 Å². The van der Waals surface area contributed by atoms with E-state index in [1.807, 2.05) is 0 Å². The van der Waals surface area contributed by atoms with Crippen LogP contribution in [0.3, 0.4) is 0 Å². The van der Waals surface area contributed by atoms with Crippen LogP contribution in [0.5, 0.6) is 5.75 Å². The quantitative estimate of drug-likeness (QED) is 0.727. The summed E-state index contributed by atoms with van der Waals surface area (Å²) in [7, 11) is 0. The highest BCUT2D eigenvalue weighted by molar-refractivity contribution is 5.93. The predicted octanol–water partition coefficient (Wildman–Crippen LogP) is 0.991. The Morgan fingerprint density at radius 1 is 1.62 bits per heavy atom. The first kappa shape index (κ1) is 9.37. The Balaban J connectivity index is 2.75. The van der Waals surface area contributed by atoms with Crippen LogP contribution >= 0.6 is 0 Å². The van der Waals surface area contributed by atoms with E-state index >= 15 is 0 Å². The van der Waals surface area contributed by atoms with Crippen LogP contribution in [0.1, 0.15) is 0 Å². The maximum Gasteiger partial charge on any atom is 0.315 e. The summed E-state index contributed by atoms with van der Waals surface area (Å²) in [4.78, 5) is 13.9. The highest BCUT2D eigenvalue weighted by Gasteiger charge is 2.16. The fraction of sp³-hybridized carbons (Fsp3) is 0.143. The Morgan fingerprint density at radius 2 is 2.31 bits per heavy atom. The number of nitrogens with zero attached hydrogens (tertiary/aromatic N) is 1. The van der Waals surface area contributed by atoms with Crippen LogP contribution in [0.15, 0.2) is 18.3 Å². The van der Waals surface area contributed by atoms with E-state index in [1.165, 1.54) is 18.3 Å². The molecule has 0 spiro atoms. The van der Waals surface area contributed by atoms with Gasteiger partial charge in [0.05, 0.1) is 0 Å². The van der Waals surface area contributed by atoms with Crippen LogP contribution in [-0.2, 0) is 4.79 Å². The van der Waals surface area contributed by atoms with E-state index in [2.05, 4.69) is 4.98 Å². The van der Waals surface area contributed by atoms with Crippen molar-refractivity contribution in [1.29, 1.82) is 0 Å². The highest BCUT2D eigenvalue weighted by atomic mass is 19.3. The maximum absolute atomic E-state index is 11.7. The Labute approximate surface area is 72.2 Å². The van der Waals surface area contributed by atoms with Crippen LogP contribution in [-0.4, -0.2) is 22.4 Å². The average Bonchev–Trinajstić information content (AvgIpc) is 2.08. The molecule has 0 saturated carbocycles. The number of carbonyl (C=O) groups is 1. The number of amides is 1. The van der Waals surface area contributed by atoms with Gasteiger partial charge in [0.15, 0.2) is 11.6 Å². The number of nitrogens with one attached hydrogen (secondary N) is 1. The lowest BCUT2D eigenvalue weighted by Crippen LogP contribution is -2.20. The number of rotatable bonds is 2. The third kappa shape index (κ3) is 2.36. The minimum absolute atomic E-state index is 0.271. The number of alkyl halides is 2. The topological polar surface area (TPSA) is 62.2 Å². The highest BCUT2D eigenvalue weighted by Crippen LogP contribution is 2.18. The zero-order valence-corrected chi connectivity index (χ0v) is 6.37. The molecule has 1 rings (SSSR count). The second-order valence-electron chi connectivity index (χ2n) is 2.16. The largest absolute Gasteiger partial charge is 0.504 e. The van der Waals surface area contributed by atoms with E-state index in [1.54, 1.807) is 5.32 Å². The summed E-state index contributed by atoms with van der Waals surface area (Å²) in [5, 5.41) is 10.8. The predicted molar refractivity (Wildman–Crippen MR) is 40.5 cm³/mol. The van der Waals surface area contributed by atoms with Gasteiger partial charge in [0, 0.05) is 6.20 Å². The number of aromatic hydroxyl groups is 1. The molecular formula is C7H6F2N2O2. The van der Waals surface area contributed by atoms with Gasteiger partial charge in [-0.2, -0.15) is 8.78 Å². The van der Waals surface area contributed by atoms with Gasteiger partial charge in [-0.25, -0.2) is 4.98 Å². The molecule has 1 amide bonds. The maximum atomic E-state index is 11.7. The molecule has 1 aromatic rings. The first-order valence-corrected chi connectivity index (χ1v) is 3.34. The van der Waals surface area contributed by atoms with Crippen molar-refractivity contribution in [1.82, 2.24) is 4.98 Å². The number of anilines is 1. The fourth-order valence-corrected chi connectivity index (χ4v) is 0.664. The molecule has 1 heterocycles. The molecule has 4 nitrogen and oxygen atoms in total. The number of pyridine rings is 1. The zero-order valence-electron chi connectivity index (χ0n) is 6.37. The number of aromatic nitrogens is 1. The number of halogens is 2. The van der Waals surface area contributed by atoms with E-state index in [4.69, 9.17) is 5.11 Å². The van der Waals surface area contributed by atoms with Crippen molar-refractivity contribution < 1.29 is 18.7 Å². The molecule has 0 aromatic carbocycles. The molecule has 0 unspecified atom stereocenters. The molecule has 0 aliphatic rings. The van der Waals surface area contributed by atoms with Crippen LogP contribution in [0.4, 0.5) is 14.6 Å². The van der Waals surface area contributed by atoms with Gasteiger partial charge in [0.1, 0.15) is 0 Å². The molecule has 70 valence electrons. The summed E-state index contributed by atoms with van der Waals surface area (Å²) < 4.78 is 23.4. The molecule has 0 atom stereocenters. The SMILES string of the molecule is O=C(Nc1ncccc1O)C(F)F. The minimum atomic E-state index is -3.12. The van der Waals surface area contributed by atoms with Crippen LogP contribution in [0.2, 0.25) is 0 Å². The third-order valence-corrected chi connectivity index (χ3v) is 1.23. The van der Waals surface area contributed by atoms with E-state index in [0.29, 0.717) is 0 Å². The molecule has 0 bridgehead atoms. The van der Waals surface area contributed by atoms with E-state index in [-0.39, 0.29) is 11.6 Å². The molecule has 0 aliphatic carbocycles. The van der Waals surface area contributed by atoms with E-state index < -0.39 is 12.3 Å². The standard InChI is InChI=1S/C7H6F2N2O2/c8-5(9)7(13)11-6-4(12)2-1-3-10-6/h1-3,5,12H,(H,10,11,13). The Hall–Kier alpha value is -1.72. The van der Waals surface area contributed by atoms with Crippen LogP contribution < -0.4 is 5.32 Å². The van der Waals surface area contributed by atoms with Crippen molar-refractivity contribution in [2.24, 2.45) is 0 Å². The van der Waals surface area contributed by atoms with Gasteiger partial charge in [0.25, 0.3) is 5.91 Å². The number of hydrogen-bond acceptors (Lipinski definition) is 3. The molecule has 0 radical (unpaired) electrons. The Bertz CT molecular complexity index is 317. The summed E-state index contributed by atoms with van der Waals surface area (Å²) in [6.07, 6.45) is -1.86. The first-order chi connectivity index (χ1) is 6.11. The molecule has 0 aliphatic heterocycles. The molecule has 1 aromatic heterocycles. The summed E-state index contributed by atoms with van der Waals surface area (Å²) in [5.41, 5.74) is 0. The Morgan fingerprint density at radius 3 is 2.85 bits per heavy atom. The number of hydrogen-bond donors (Lipinski definition) is 2. The Kier molecular flexibility index (Phi) is 2.73. The van der Waals surface area contributed by atoms with Gasteiger partial charge >= 0.3 is 6.43 Å². The third-order valence-electron chi connectivity index (χ3n) is 1.23. The van der Waals surface area contributed by atoms with Crippen molar-refractivity contribution in [2.45, 2.75) is 6.43 Å². The van der Waals surface area contributed by atoms with Gasteiger partial charge < -0.3 is 10.4 Å². The lowest BCUT2D eigenvalue weighted by molar-refractivity contribution is -0.126.